The molecule has 1 amide bonds. The van der Waals surface area contributed by atoms with Crippen LogP contribution >= 0.6 is 11.6 Å². The van der Waals surface area contributed by atoms with Crippen LogP contribution in [0.25, 0.3) is 11.7 Å². The molecule has 0 aliphatic rings. The predicted molar refractivity (Wildman–Crippen MR) is 130 cm³/mol. The van der Waals surface area contributed by atoms with Crippen LogP contribution in [0.3, 0.4) is 0 Å². The van der Waals surface area contributed by atoms with E-state index in [0.29, 0.717) is 16.4 Å². The van der Waals surface area contributed by atoms with Crippen LogP contribution in [0, 0.1) is 18.3 Å². The van der Waals surface area contributed by atoms with Gasteiger partial charge in [-0.1, -0.05) is 48.0 Å². The van der Waals surface area contributed by atoms with Crippen LogP contribution in [0.4, 0.5) is 0 Å². The van der Waals surface area contributed by atoms with Crippen molar-refractivity contribution in [2.45, 2.75) is 13.5 Å². The summed E-state index contributed by atoms with van der Waals surface area (Å²) in [7, 11) is 0. The first kappa shape index (κ1) is 22.8. The predicted octanol–water partition coefficient (Wildman–Crippen LogP) is 4.67. The van der Waals surface area contributed by atoms with Gasteiger partial charge in [0.15, 0.2) is 0 Å². The molecule has 0 saturated carbocycles. The van der Waals surface area contributed by atoms with E-state index in [9.17, 15) is 14.9 Å². The summed E-state index contributed by atoms with van der Waals surface area (Å²) < 4.78 is 7.25. The lowest BCUT2D eigenvalue weighted by Crippen LogP contribution is -2.25. The van der Waals surface area contributed by atoms with Gasteiger partial charge in [-0.3, -0.25) is 14.0 Å². The molecule has 0 fully saturated rings. The van der Waals surface area contributed by atoms with E-state index in [1.165, 1.54) is 10.5 Å². The van der Waals surface area contributed by atoms with E-state index in [1.54, 1.807) is 36.5 Å². The number of nitrogens with one attached hydrogen (secondary N) is 1. The van der Waals surface area contributed by atoms with E-state index < -0.39 is 11.5 Å². The van der Waals surface area contributed by atoms with Gasteiger partial charge in [0, 0.05) is 17.8 Å². The van der Waals surface area contributed by atoms with Gasteiger partial charge in [0.2, 0.25) is 5.88 Å². The Labute approximate surface area is 200 Å². The highest BCUT2D eigenvalue weighted by molar-refractivity contribution is 6.30. The number of hydrogen-bond donors (Lipinski definition) is 1. The fraction of sp³-hybridized carbons (Fsp3) is 0.0769. The van der Waals surface area contributed by atoms with E-state index in [2.05, 4.69) is 10.3 Å². The molecule has 4 rings (SSSR count). The van der Waals surface area contributed by atoms with Crippen molar-refractivity contribution in [3.05, 3.63) is 111 Å². The molecule has 2 heterocycles. The van der Waals surface area contributed by atoms with Crippen molar-refractivity contribution >= 4 is 29.2 Å². The molecular weight excluding hydrogens is 452 g/mol. The summed E-state index contributed by atoms with van der Waals surface area (Å²) >= 11 is 5.95. The first-order valence-corrected chi connectivity index (χ1v) is 10.7. The number of benzene rings is 2. The van der Waals surface area contributed by atoms with Gasteiger partial charge in [0.1, 0.15) is 28.6 Å². The van der Waals surface area contributed by atoms with Gasteiger partial charge >= 0.3 is 0 Å². The summed E-state index contributed by atoms with van der Waals surface area (Å²) in [5, 5.41) is 12.9. The Hall–Kier alpha value is -4.41. The summed E-state index contributed by atoms with van der Waals surface area (Å²) in [6.45, 7) is 2.06. The van der Waals surface area contributed by atoms with Crippen molar-refractivity contribution in [1.82, 2.24) is 14.7 Å². The van der Waals surface area contributed by atoms with Crippen LogP contribution < -0.4 is 15.6 Å². The van der Waals surface area contributed by atoms with Crippen LogP contribution in [0.5, 0.6) is 11.6 Å². The van der Waals surface area contributed by atoms with Gasteiger partial charge in [0.05, 0.1) is 0 Å². The number of carbonyl (C=O) groups is 1. The summed E-state index contributed by atoms with van der Waals surface area (Å²) in [4.78, 5) is 30.6. The number of ether oxygens (including phenoxy) is 1. The normalized spacial score (nSPS) is 11.1. The standard InChI is InChI=1S/C26H19ClN4O3/c1-17-6-5-13-31-23(17)30-25(34-21-11-9-20(27)10-12-21)22(26(31)33)14-19(15-28)24(32)29-16-18-7-3-2-4-8-18/h2-14H,16H2,1H3,(H,29,32)/b19-14+. The van der Waals surface area contributed by atoms with Gasteiger partial charge < -0.3 is 10.1 Å². The SMILES string of the molecule is Cc1cccn2c(=O)c(/C=C(\C#N)C(=O)NCc3ccccc3)c(Oc3ccc(Cl)cc3)nc12. The molecule has 7 nitrogen and oxygen atoms in total. The van der Waals surface area contributed by atoms with Crippen molar-refractivity contribution in [2.24, 2.45) is 0 Å². The second kappa shape index (κ2) is 10.0. The molecule has 8 heteroatoms. The maximum absolute atomic E-state index is 13.3. The van der Waals surface area contributed by atoms with Crippen LogP contribution in [-0.4, -0.2) is 15.3 Å². The Morgan fingerprint density at radius 1 is 1.15 bits per heavy atom. The Balaban J connectivity index is 1.77. The van der Waals surface area contributed by atoms with Crippen LogP contribution in [0.15, 0.2) is 83.3 Å². The van der Waals surface area contributed by atoms with E-state index in [1.807, 2.05) is 49.4 Å². The van der Waals surface area contributed by atoms with Gasteiger partial charge in [-0.25, -0.2) is 0 Å². The Bertz CT molecular complexity index is 1490. The maximum Gasteiger partial charge on any atom is 0.269 e. The third kappa shape index (κ3) is 4.98. The molecule has 0 atom stereocenters. The molecule has 2 aromatic heterocycles. The Morgan fingerprint density at radius 2 is 1.88 bits per heavy atom. The third-order valence-corrected chi connectivity index (χ3v) is 5.28. The van der Waals surface area contributed by atoms with Crippen molar-refractivity contribution < 1.29 is 9.53 Å². The lowest BCUT2D eigenvalue weighted by Gasteiger charge is -2.11. The lowest BCUT2D eigenvalue weighted by atomic mass is 10.1. The molecule has 2 aromatic carbocycles. The molecule has 34 heavy (non-hydrogen) atoms. The zero-order valence-corrected chi connectivity index (χ0v) is 18.9. The minimum Gasteiger partial charge on any atom is -0.438 e. The fourth-order valence-corrected chi connectivity index (χ4v) is 3.40. The summed E-state index contributed by atoms with van der Waals surface area (Å²) in [5.74, 6) is -0.237. The minimum absolute atomic E-state index is 0.0229. The minimum atomic E-state index is -0.613. The molecule has 1 N–H and O–H groups in total. The van der Waals surface area contributed by atoms with E-state index in [-0.39, 0.29) is 23.6 Å². The van der Waals surface area contributed by atoms with Gasteiger partial charge in [-0.05, 0) is 54.5 Å². The van der Waals surface area contributed by atoms with Gasteiger partial charge in [-0.2, -0.15) is 10.2 Å². The summed E-state index contributed by atoms with van der Waals surface area (Å²) in [6.07, 6.45) is 2.78. The molecule has 168 valence electrons. The van der Waals surface area contributed by atoms with E-state index in [0.717, 1.165) is 11.1 Å². The van der Waals surface area contributed by atoms with Gasteiger partial charge in [0.25, 0.3) is 11.5 Å². The fourth-order valence-electron chi connectivity index (χ4n) is 3.27. The van der Waals surface area contributed by atoms with Crippen molar-refractivity contribution in [1.29, 1.82) is 5.26 Å². The zero-order valence-electron chi connectivity index (χ0n) is 18.2. The molecule has 0 aliphatic carbocycles. The van der Waals surface area contributed by atoms with Crippen molar-refractivity contribution in [2.75, 3.05) is 0 Å². The highest BCUT2D eigenvalue weighted by Crippen LogP contribution is 2.26. The number of rotatable bonds is 6. The Morgan fingerprint density at radius 3 is 2.59 bits per heavy atom. The zero-order chi connectivity index (χ0) is 24.1. The van der Waals surface area contributed by atoms with Gasteiger partial charge in [-0.15, -0.1) is 0 Å². The van der Waals surface area contributed by atoms with E-state index in [4.69, 9.17) is 16.3 Å². The van der Waals surface area contributed by atoms with Crippen LogP contribution in [-0.2, 0) is 11.3 Å². The number of halogens is 1. The second-order valence-corrected chi connectivity index (χ2v) is 7.85. The molecule has 0 spiro atoms. The average Bonchev–Trinajstić information content (AvgIpc) is 2.85. The number of aromatic nitrogens is 2. The van der Waals surface area contributed by atoms with Crippen molar-refractivity contribution in [3.63, 3.8) is 0 Å². The Kier molecular flexibility index (Phi) is 6.72. The molecule has 0 radical (unpaired) electrons. The number of carbonyl (C=O) groups excluding carboxylic acids is 1. The molecule has 4 aromatic rings. The number of hydrogen-bond acceptors (Lipinski definition) is 5. The van der Waals surface area contributed by atoms with E-state index >= 15 is 0 Å². The molecule has 0 unspecified atom stereocenters. The quantitative estimate of drug-likeness (QED) is 0.326. The highest BCUT2D eigenvalue weighted by atomic mass is 35.5. The summed E-state index contributed by atoms with van der Waals surface area (Å²) in [6, 6.07) is 21.3. The first-order chi connectivity index (χ1) is 16.5. The maximum atomic E-state index is 13.3. The summed E-state index contributed by atoms with van der Waals surface area (Å²) in [5.41, 5.74) is 1.30. The lowest BCUT2D eigenvalue weighted by molar-refractivity contribution is -0.117. The van der Waals surface area contributed by atoms with Crippen LogP contribution in [0.1, 0.15) is 16.7 Å². The number of nitriles is 1. The molecule has 0 bridgehead atoms. The smallest absolute Gasteiger partial charge is 0.269 e. The second-order valence-electron chi connectivity index (χ2n) is 7.41. The number of amides is 1. The number of nitrogens with zero attached hydrogens (tertiary/aromatic N) is 3. The topological polar surface area (TPSA) is 96.5 Å². The average molecular weight is 471 g/mol. The number of aryl methyl sites for hydroxylation is 1. The monoisotopic (exact) mass is 470 g/mol. The number of pyridine rings is 1. The van der Waals surface area contributed by atoms with Crippen molar-refractivity contribution in [3.8, 4) is 17.7 Å². The molecule has 0 aliphatic heterocycles. The highest BCUT2D eigenvalue weighted by Gasteiger charge is 2.18. The largest absolute Gasteiger partial charge is 0.438 e. The third-order valence-electron chi connectivity index (χ3n) is 5.03. The first-order valence-electron chi connectivity index (χ1n) is 10.4. The molecular formula is C26H19ClN4O3. The molecule has 0 saturated heterocycles. The number of fused-ring (bicyclic) bond motifs is 1. The van der Waals surface area contributed by atoms with Crippen LogP contribution in [0.2, 0.25) is 5.02 Å².